The minimum atomic E-state index is -1.03. The molecule has 2 amide bonds. The number of halogens is 3. The minimum absolute atomic E-state index is 0.0147. The van der Waals surface area contributed by atoms with Gasteiger partial charge in [0.1, 0.15) is 23.1 Å². The first-order valence-electron chi connectivity index (χ1n) is 11.4. The van der Waals surface area contributed by atoms with Crippen LogP contribution in [0.3, 0.4) is 0 Å². The summed E-state index contributed by atoms with van der Waals surface area (Å²) in [5, 5.41) is 18.2. The van der Waals surface area contributed by atoms with Crippen LogP contribution in [0.15, 0.2) is 72.8 Å². The second kappa shape index (κ2) is 11.4. The maximum atomic E-state index is 13.8. The maximum absolute atomic E-state index is 13.8. The van der Waals surface area contributed by atoms with Gasteiger partial charge in [-0.3, -0.25) is 19.1 Å². The third kappa shape index (κ3) is 6.64. The van der Waals surface area contributed by atoms with E-state index in [1.165, 1.54) is 47.1 Å². The minimum Gasteiger partial charge on any atom is -0.481 e. The number of benzene rings is 3. The number of nitrogens with zero attached hydrogens (tertiary/aromatic N) is 2. The number of aliphatic carboxylic acids is 1. The second-order valence-corrected chi connectivity index (χ2v) is 8.29. The molecule has 0 aliphatic heterocycles. The molecular weight excluding hydrogens is 501 g/mol. The summed E-state index contributed by atoms with van der Waals surface area (Å²) >= 11 is 0. The van der Waals surface area contributed by atoms with E-state index in [0.717, 1.165) is 18.2 Å². The number of carboxylic acids is 1. The van der Waals surface area contributed by atoms with Crippen LogP contribution in [0, 0.1) is 17.5 Å². The van der Waals surface area contributed by atoms with Gasteiger partial charge in [0.2, 0.25) is 0 Å². The second-order valence-electron chi connectivity index (χ2n) is 8.29. The van der Waals surface area contributed by atoms with Gasteiger partial charge in [-0.15, -0.1) is 0 Å². The van der Waals surface area contributed by atoms with Crippen molar-refractivity contribution >= 4 is 23.5 Å². The van der Waals surface area contributed by atoms with E-state index < -0.39 is 35.2 Å². The van der Waals surface area contributed by atoms with Crippen LogP contribution in [0.2, 0.25) is 0 Å². The zero-order valence-electron chi connectivity index (χ0n) is 19.7. The lowest BCUT2D eigenvalue weighted by molar-refractivity contribution is -0.136. The molecule has 0 atom stereocenters. The molecule has 8 nitrogen and oxygen atoms in total. The Kier molecular flexibility index (Phi) is 7.86. The molecule has 0 fully saturated rings. The molecule has 3 N–H and O–H groups in total. The Labute approximate surface area is 214 Å². The Balaban J connectivity index is 1.59. The van der Waals surface area contributed by atoms with Gasteiger partial charge in [0.25, 0.3) is 11.8 Å². The number of amides is 2. The van der Waals surface area contributed by atoms with Crippen LogP contribution < -0.4 is 10.6 Å². The van der Waals surface area contributed by atoms with Crippen molar-refractivity contribution in [2.75, 3.05) is 11.9 Å². The van der Waals surface area contributed by atoms with Gasteiger partial charge in [0.15, 0.2) is 0 Å². The number of nitrogens with one attached hydrogen (secondary N) is 2. The standard InChI is InChI=1S/C27H21F3N4O4/c28-19-5-7-22(8-6-19)32-27(38)24-14-23(18-11-20(29)13-21(30)12-18)33-34(24)15-16-1-3-17(4-2-16)26(37)31-10-9-25(35)36/h1-8,11-14H,9-10,15H2,(H,31,37)(H,32,38)(H,35,36). The lowest BCUT2D eigenvalue weighted by Gasteiger charge is -2.09. The van der Waals surface area contributed by atoms with Crippen molar-refractivity contribution in [3.05, 3.63) is 107 Å². The molecule has 0 unspecified atom stereocenters. The molecule has 0 saturated carbocycles. The summed E-state index contributed by atoms with van der Waals surface area (Å²) in [6, 6.07) is 15.8. The van der Waals surface area contributed by atoms with Gasteiger partial charge in [-0.1, -0.05) is 12.1 Å². The van der Waals surface area contributed by atoms with Gasteiger partial charge in [-0.05, 0) is 60.2 Å². The molecule has 0 radical (unpaired) electrons. The predicted molar refractivity (Wildman–Crippen MR) is 132 cm³/mol. The van der Waals surface area contributed by atoms with Crippen LogP contribution in [0.5, 0.6) is 0 Å². The highest BCUT2D eigenvalue weighted by atomic mass is 19.1. The Bertz CT molecular complexity index is 1470. The van der Waals surface area contributed by atoms with Gasteiger partial charge in [-0.2, -0.15) is 5.10 Å². The maximum Gasteiger partial charge on any atom is 0.305 e. The quantitative estimate of drug-likeness (QED) is 0.300. The molecule has 0 aliphatic rings. The van der Waals surface area contributed by atoms with E-state index in [-0.39, 0.29) is 36.5 Å². The van der Waals surface area contributed by atoms with Crippen molar-refractivity contribution in [2.24, 2.45) is 0 Å². The zero-order valence-corrected chi connectivity index (χ0v) is 19.7. The van der Waals surface area contributed by atoms with Gasteiger partial charge < -0.3 is 15.7 Å². The van der Waals surface area contributed by atoms with Gasteiger partial charge in [0.05, 0.1) is 18.7 Å². The summed E-state index contributed by atoms with van der Waals surface area (Å²) in [7, 11) is 0. The highest BCUT2D eigenvalue weighted by Gasteiger charge is 2.18. The van der Waals surface area contributed by atoms with E-state index >= 15 is 0 Å². The summed E-state index contributed by atoms with van der Waals surface area (Å²) < 4.78 is 42.2. The molecule has 4 aromatic rings. The van der Waals surface area contributed by atoms with Crippen LogP contribution in [0.25, 0.3) is 11.3 Å². The van der Waals surface area contributed by atoms with Crippen molar-refractivity contribution in [1.29, 1.82) is 0 Å². The molecule has 194 valence electrons. The molecule has 1 heterocycles. The van der Waals surface area contributed by atoms with Crippen molar-refractivity contribution in [3.8, 4) is 11.3 Å². The van der Waals surface area contributed by atoms with Gasteiger partial charge in [0, 0.05) is 29.4 Å². The third-order valence-corrected chi connectivity index (χ3v) is 5.45. The van der Waals surface area contributed by atoms with E-state index in [9.17, 15) is 27.6 Å². The SMILES string of the molecule is O=C(O)CCNC(=O)c1ccc(Cn2nc(-c3cc(F)cc(F)c3)cc2C(=O)Nc2ccc(F)cc2)cc1. The fourth-order valence-electron chi connectivity index (χ4n) is 3.61. The Morgan fingerprint density at radius 3 is 2.11 bits per heavy atom. The number of carboxylic acid groups (broad SMARTS) is 1. The van der Waals surface area contributed by atoms with Gasteiger partial charge >= 0.3 is 5.97 Å². The molecule has 0 aliphatic carbocycles. The first kappa shape index (κ1) is 26.1. The summed E-state index contributed by atoms with van der Waals surface area (Å²) in [6.07, 6.45) is -0.205. The molecule has 4 rings (SSSR count). The Morgan fingerprint density at radius 2 is 1.47 bits per heavy atom. The fourth-order valence-corrected chi connectivity index (χ4v) is 3.61. The lowest BCUT2D eigenvalue weighted by atomic mass is 10.1. The van der Waals surface area contributed by atoms with Crippen molar-refractivity contribution in [3.63, 3.8) is 0 Å². The fraction of sp³-hybridized carbons (Fsp3) is 0.111. The zero-order chi connectivity index (χ0) is 27.2. The number of carbonyl (C=O) groups excluding carboxylic acids is 2. The monoisotopic (exact) mass is 522 g/mol. The van der Waals surface area contributed by atoms with Crippen molar-refractivity contribution < 1.29 is 32.7 Å². The van der Waals surface area contributed by atoms with E-state index in [2.05, 4.69) is 15.7 Å². The number of hydrogen-bond acceptors (Lipinski definition) is 4. The van der Waals surface area contributed by atoms with Crippen LogP contribution in [0.4, 0.5) is 18.9 Å². The van der Waals surface area contributed by atoms with Crippen LogP contribution >= 0.6 is 0 Å². The van der Waals surface area contributed by atoms with E-state index in [1.54, 1.807) is 12.1 Å². The number of hydrogen-bond donors (Lipinski definition) is 3. The highest BCUT2D eigenvalue weighted by molar-refractivity contribution is 6.03. The van der Waals surface area contributed by atoms with Crippen molar-refractivity contribution in [2.45, 2.75) is 13.0 Å². The molecule has 0 bridgehead atoms. The number of aromatic nitrogens is 2. The number of anilines is 1. The Morgan fingerprint density at radius 1 is 0.816 bits per heavy atom. The first-order valence-corrected chi connectivity index (χ1v) is 11.4. The van der Waals surface area contributed by atoms with Crippen LogP contribution in [0.1, 0.15) is 32.8 Å². The summed E-state index contributed by atoms with van der Waals surface area (Å²) in [6.45, 7) is 0.0596. The van der Waals surface area contributed by atoms with Crippen LogP contribution in [-0.2, 0) is 11.3 Å². The van der Waals surface area contributed by atoms with Gasteiger partial charge in [-0.25, -0.2) is 13.2 Å². The smallest absolute Gasteiger partial charge is 0.305 e. The summed E-state index contributed by atoms with van der Waals surface area (Å²) in [4.78, 5) is 35.9. The third-order valence-electron chi connectivity index (χ3n) is 5.45. The van der Waals surface area contributed by atoms with E-state index in [4.69, 9.17) is 5.11 Å². The molecule has 1 aromatic heterocycles. The first-order chi connectivity index (χ1) is 18.2. The predicted octanol–water partition coefficient (Wildman–Crippen LogP) is 4.47. The van der Waals surface area contributed by atoms with E-state index in [1.807, 2.05) is 0 Å². The topological polar surface area (TPSA) is 113 Å². The highest BCUT2D eigenvalue weighted by Crippen LogP contribution is 2.23. The molecular formula is C27H21F3N4O4. The average molecular weight is 522 g/mol. The average Bonchev–Trinajstić information content (AvgIpc) is 3.29. The Hall–Kier alpha value is -4.93. The largest absolute Gasteiger partial charge is 0.481 e. The van der Waals surface area contributed by atoms with Crippen LogP contribution in [-0.4, -0.2) is 39.2 Å². The molecule has 3 aromatic carbocycles. The molecule has 0 saturated heterocycles. The van der Waals surface area contributed by atoms with E-state index in [0.29, 0.717) is 16.8 Å². The van der Waals surface area contributed by atoms with Crippen molar-refractivity contribution in [1.82, 2.24) is 15.1 Å². The molecule has 38 heavy (non-hydrogen) atoms. The number of rotatable bonds is 9. The molecule has 0 spiro atoms. The summed E-state index contributed by atoms with van der Waals surface area (Å²) in [5.41, 5.74) is 1.66. The summed E-state index contributed by atoms with van der Waals surface area (Å²) in [5.74, 6) is -4.12. The lowest BCUT2D eigenvalue weighted by Crippen LogP contribution is -2.26. The number of carbonyl (C=O) groups is 3. The molecule has 11 heteroatoms. The normalized spacial score (nSPS) is 10.7.